The van der Waals surface area contributed by atoms with Crippen LogP contribution >= 0.6 is 15.9 Å². The van der Waals surface area contributed by atoms with Crippen LogP contribution in [0.25, 0.3) is 6.08 Å². The first-order chi connectivity index (χ1) is 11.0. The molecular weight excluding hydrogens is 368 g/mol. The summed E-state index contributed by atoms with van der Waals surface area (Å²) in [4.78, 5) is 35.7. The summed E-state index contributed by atoms with van der Waals surface area (Å²) in [6.07, 6.45) is 2.72. The zero-order chi connectivity index (χ0) is 16.8. The summed E-state index contributed by atoms with van der Waals surface area (Å²) < 4.78 is 10.9. The van der Waals surface area contributed by atoms with Gasteiger partial charge in [-0.25, -0.2) is 9.59 Å². The molecule has 0 aromatic heterocycles. The lowest BCUT2D eigenvalue weighted by Crippen LogP contribution is -2.37. The monoisotopic (exact) mass is 382 g/mol. The number of hydrogen-bond donors (Lipinski definition) is 1. The number of halogens is 1. The number of esters is 1. The zero-order valence-electron chi connectivity index (χ0n) is 12.4. The lowest BCUT2D eigenvalue weighted by Gasteiger charge is -2.11. The van der Waals surface area contributed by atoms with Crippen molar-refractivity contribution in [1.29, 1.82) is 0 Å². The Balaban J connectivity index is 1.90. The maximum Gasteiger partial charge on any atom is 0.331 e. The number of imide groups is 1. The lowest BCUT2D eigenvalue weighted by molar-refractivity contribution is -0.146. The summed E-state index contributed by atoms with van der Waals surface area (Å²) in [7, 11) is 1.53. The Hall–Kier alpha value is -2.35. The Morgan fingerprint density at radius 3 is 2.87 bits per heavy atom. The molecule has 0 unspecified atom stereocenters. The second-order valence-electron chi connectivity index (χ2n) is 4.60. The summed E-state index contributed by atoms with van der Waals surface area (Å²) >= 11 is 3.33. The van der Waals surface area contributed by atoms with E-state index in [9.17, 15) is 14.4 Å². The Labute approximate surface area is 141 Å². The first kappa shape index (κ1) is 17.0. The van der Waals surface area contributed by atoms with Crippen LogP contribution in [0, 0.1) is 0 Å². The summed E-state index contributed by atoms with van der Waals surface area (Å²) in [6.45, 7) is 0.202. The second-order valence-corrected chi connectivity index (χ2v) is 5.52. The van der Waals surface area contributed by atoms with E-state index in [0.717, 1.165) is 9.37 Å². The van der Waals surface area contributed by atoms with Crippen LogP contribution in [0.5, 0.6) is 5.75 Å². The SMILES string of the molecule is COc1ccc(Br)cc1/C=C/C(=O)OCC(=O)N1CCNC1=O. The normalized spacial score (nSPS) is 14.0. The van der Waals surface area contributed by atoms with Crippen LogP contribution in [0.1, 0.15) is 5.56 Å². The summed E-state index contributed by atoms with van der Waals surface area (Å²) in [6, 6.07) is 4.88. The van der Waals surface area contributed by atoms with Gasteiger partial charge in [0.1, 0.15) is 5.75 Å². The van der Waals surface area contributed by atoms with E-state index in [1.54, 1.807) is 12.1 Å². The van der Waals surface area contributed by atoms with Gasteiger partial charge >= 0.3 is 12.0 Å². The number of methoxy groups -OCH3 is 1. The number of benzene rings is 1. The van der Waals surface area contributed by atoms with Gasteiger partial charge in [-0.1, -0.05) is 15.9 Å². The molecule has 23 heavy (non-hydrogen) atoms. The Bertz CT molecular complexity index is 659. The highest BCUT2D eigenvalue weighted by Gasteiger charge is 2.26. The van der Waals surface area contributed by atoms with Crippen LogP contribution in [0.15, 0.2) is 28.7 Å². The van der Waals surface area contributed by atoms with Crippen molar-refractivity contribution in [3.05, 3.63) is 34.3 Å². The molecule has 0 saturated carbocycles. The average molecular weight is 383 g/mol. The zero-order valence-corrected chi connectivity index (χ0v) is 14.0. The molecule has 7 nitrogen and oxygen atoms in total. The van der Waals surface area contributed by atoms with Crippen LogP contribution in [0.3, 0.4) is 0 Å². The molecule has 1 N–H and O–H groups in total. The standard InChI is InChI=1S/C15H15BrN2O5/c1-22-12-4-3-11(16)8-10(12)2-5-14(20)23-9-13(19)18-7-6-17-15(18)21/h2-5,8H,6-7,9H2,1H3,(H,17,21)/b5-2+. The molecular formula is C15H15BrN2O5. The fourth-order valence-corrected chi connectivity index (χ4v) is 2.34. The van der Waals surface area contributed by atoms with Gasteiger partial charge < -0.3 is 14.8 Å². The number of carbonyl (C=O) groups excluding carboxylic acids is 3. The lowest BCUT2D eigenvalue weighted by atomic mass is 10.2. The Morgan fingerprint density at radius 1 is 1.43 bits per heavy atom. The van der Waals surface area contributed by atoms with E-state index >= 15 is 0 Å². The highest BCUT2D eigenvalue weighted by atomic mass is 79.9. The maximum atomic E-state index is 11.7. The number of urea groups is 1. The van der Waals surface area contributed by atoms with Crippen LogP contribution in [0.4, 0.5) is 4.79 Å². The van der Waals surface area contributed by atoms with E-state index in [2.05, 4.69) is 21.2 Å². The van der Waals surface area contributed by atoms with Crippen LogP contribution in [0.2, 0.25) is 0 Å². The molecule has 1 saturated heterocycles. The number of nitrogens with zero attached hydrogens (tertiary/aromatic N) is 1. The Kier molecular flexibility index (Phi) is 5.75. The number of carbonyl (C=O) groups is 3. The molecule has 0 bridgehead atoms. The quantitative estimate of drug-likeness (QED) is 0.616. The topological polar surface area (TPSA) is 84.9 Å². The highest BCUT2D eigenvalue weighted by molar-refractivity contribution is 9.10. The van der Waals surface area contributed by atoms with Gasteiger partial charge in [0.2, 0.25) is 0 Å². The summed E-state index contributed by atoms with van der Waals surface area (Å²) in [5.41, 5.74) is 0.684. The van der Waals surface area contributed by atoms with Crippen LogP contribution in [-0.4, -0.2) is 49.6 Å². The smallest absolute Gasteiger partial charge is 0.331 e. The molecule has 122 valence electrons. The van der Waals surface area contributed by atoms with Gasteiger partial charge in [-0.3, -0.25) is 9.69 Å². The largest absolute Gasteiger partial charge is 0.496 e. The third-order valence-corrected chi connectivity index (χ3v) is 3.58. The van der Waals surface area contributed by atoms with Crippen LogP contribution < -0.4 is 10.1 Å². The van der Waals surface area contributed by atoms with Crippen LogP contribution in [-0.2, 0) is 14.3 Å². The van der Waals surface area contributed by atoms with E-state index in [-0.39, 0.29) is 6.54 Å². The number of ether oxygens (including phenoxy) is 2. The van der Waals surface area contributed by atoms with E-state index < -0.39 is 24.5 Å². The molecule has 1 aliphatic heterocycles. The first-order valence-electron chi connectivity index (χ1n) is 6.78. The van der Waals surface area contributed by atoms with Gasteiger partial charge in [0, 0.05) is 29.2 Å². The van der Waals surface area contributed by atoms with E-state index in [4.69, 9.17) is 9.47 Å². The predicted molar refractivity (Wildman–Crippen MR) is 85.8 cm³/mol. The molecule has 1 fully saturated rings. The van der Waals surface area contributed by atoms with Crippen molar-refractivity contribution >= 4 is 39.9 Å². The van der Waals surface area contributed by atoms with E-state index in [1.165, 1.54) is 19.3 Å². The number of rotatable bonds is 5. The van der Waals surface area contributed by atoms with Gasteiger partial charge in [-0.05, 0) is 24.3 Å². The molecule has 0 aliphatic carbocycles. The van der Waals surface area contributed by atoms with Gasteiger partial charge in [0.05, 0.1) is 7.11 Å². The third-order valence-electron chi connectivity index (χ3n) is 3.09. The van der Waals surface area contributed by atoms with Crippen molar-refractivity contribution < 1.29 is 23.9 Å². The summed E-state index contributed by atoms with van der Waals surface area (Å²) in [5.74, 6) is -0.635. The molecule has 2 rings (SSSR count). The summed E-state index contributed by atoms with van der Waals surface area (Å²) in [5, 5.41) is 2.50. The van der Waals surface area contributed by atoms with Gasteiger partial charge in [-0.2, -0.15) is 0 Å². The second kappa shape index (κ2) is 7.77. The molecule has 0 spiro atoms. The predicted octanol–water partition coefficient (Wildman–Crippen LogP) is 1.57. The van der Waals surface area contributed by atoms with Crippen molar-refractivity contribution in [3.63, 3.8) is 0 Å². The molecule has 1 heterocycles. The van der Waals surface area contributed by atoms with Gasteiger partial charge in [0.15, 0.2) is 6.61 Å². The molecule has 1 aromatic carbocycles. The first-order valence-corrected chi connectivity index (χ1v) is 7.57. The molecule has 1 aromatic rings. The van der Waals surface area contributed by atoms with Crippen molar-refractivity contribution in [3.8, 4) is 5.75 Å². The number of hydrogen-bond acceptors (Lipinski definition) is 5. The van der Waals surface area contributed by atoms with Gasteiger partial charge in [0.25, 0.3) is 5.91 Å². The fourth-order valence-electron chi connectivity index (χ4n) is 1.96. The van der Waals surface area contributed by atoms with E-state index in [1.807, 2.05) is 6.07 Å². The third kappa shape index (κ3) is 4.56. The highest BCUT2D eigenvalue weighted by Crippen LogP contribution is 2.24. The average Bonchev–Trinajstić information content (AvgIpc) is 2.97. The maximum absolute atomic E-state index is 11.7. The molecule has 3 amide bonds. The molecule has 0 radical (unpaired) electrons. The molecule has 0 atom stereocenters. The minimum atomic E-state index is -0.681. The number of nitrogens with one attached hydrogen (secondary N) is 1. The minimum Gasteiger partial charge on any atom is -0.496 e. The van der Waals surface area contributed by atoms with Crippen molar-refractivity contribution in [1.82, 2.24) is 10.2 Å². The fraction of sp³-hybridized carbons (Fsp3) is 0.267. The number of amides is 3. The van der Waals surface area contributed by atoms with E-state index in [0.29, 0.717) is 17.9 Å². The minimum absolute atomic E-state index is 0.278. The molecule has 8 heteroatoms. The van der Waals surface area contributed by atoms with Gasteiger partial charge in [-0.15, -0.1) is 0 Å². The van der Waals surface area contributed by atoms with Crippen molar-refractivity contribution in [2.75, 3.05) is 26.8 Å². The molecule has 1 aliphatic rings. The van der Waals surface area contributed by atoms with Crippen molar-refractivity contribution in [2.45, 2.75) is 0 Å². The Morgan fingerprint density at radius 2 is 2.22 bits per heavy atom. The van der Waals surface area contributed by atoms with Crippen molar-refractivity contribution in [2.24, 2.45) is 0 Å².